The highest BCUT2D eigenvalue weighted by molar-refractivity contribution is 6.31. The highest BCUT2D eigenvalue weighted by atomic mass is 35.5. The lowest BCUT2D eigenvalue weighted by Crippen LogP contribution is -2.03. The third kappa shape index (κ3) is 2.33. The summed E-state index contributed by atoms with van der Waals surface area (Å²) in [6.45, 7) is 1.73. The zero-order valence-electron chi connectivity index (χ0n) is 9.32. The van der Waals surface area contributed by atoms with E-state index in [2.05, 4.69) is 0 Å². The number of rotatable bonds is 2. The normalized spacial score (nSPS) is 12.5. The number of hydrogen-bond acceptors (Lipinski definition) is 1. The van der Waals surface area contributed by atoms with Crippen molar-refractivity contribution in [2.24, 2.45) is 0 Å². The van der Waals surface area contributed by atoms with Crippen LogP contribution < -0.4 is 0 Å². The number of halogens is 2. The van der Waals surface area contributed by atoms with Gasteiger partial charge in [-0.2, -0.15) is 0 Å². The first-order valence-electron chi connectivity index (χ1n) is 5.28. The van der Waals surface area contributed by atoms with Crippen LogP contribution in [0.2, 0.25) is 5.02 Å². The minimum Gasteiger partial charge on any atom is -0.384 e. The summed E-state index contributed by atoms with van der Waals surface area (Å²) in [5, 5.41) is 10.2. The lowest BCUT2D eigenvalue weighted by Gasteiger charge is -2.13. The van der Waals surface area contributed by atoms with Crippen LogP contribution in [0.3, 0.4) is 0 Å². The second-order valence-electron chi connectivity index (χ2n) is 3.91. The van der Waals surface area contributed by atoms with Gasteiger partial charge in [0.25, 0.3) is 0 Å². The summed E-state index contributed by atoms with van der Waals surface area (Å²) in [7, 11) is 0. The molecule has 0 fully saturated rings. The molecule has 0 aromatic heterocycles. The molecule has 0 spiro atoms. The number of aliphatic hydroxyl groups excluding tert-OH is 1. The number of aryl methyl sites for hydroxylation is 1. The highest BCUT2D eigenvalue weighted by Gasteiger charge is 2.17. The second-order valence-corrected chi connectivity index (χ2v) is 4.29. The van der Waals surface area contributed by atoms with Gasteiger partial charge in [0.15, 0.2) is 0 Å². The lowest BCUT2D eigenvalue weighted by molar-refractivity contribution is 0.215. The molecule has 0 aliphatic carbocycles. The quantitative estimate of drug-likeness (QED) is 0.858. The summed E-state index contributed by atoms with van der Waals surface area (Å²) in [6, 6.07) is 12.2. The van der Waals surface area contributed by atoms with Gasteiger partial charge in [-0.3, -0.25) is 0 Å². The average molecular weight is 251 g/mol. The summed E-state index contributed by atoms with van der Waals surface area (Å²) in [5.41, 5.74) is 1.51. The van der Waals surface area contributed by atoms with E-state index in [0.717, 1.165) is 0 Å². The van der Waals surface area contributed by atoms with Crippen LogP contribution in [-0.2, 0) is 0 Å². The van der Waals surface area contributed by atoms with Crippen molar-refractivity contribution in [3.05, 3.63) is 70.0 Å². The maximum absolute atomic E-state index is 13.9. The van der Waals surface area contributed by atoms with Crippen LogP contribution in [0.1, 0.15) is 22.8 Å². The van der Waals surface area contributed by atoms with Crippen LogP contribution in [0.15, 0.2) is 42.5 Å². The molecule has 0 aliphatic heterocycles. The maximum Gasteiger partial charge on any atom is 0.148 e. The summed E-state index contributed by atoms with van der Waals surface area (Å²) in [4.78, 5) is 0. The van der Waals surface area contributed by atoms with Crippen LogP contribution in [0.25, 0.3) is 0 Å². The van der Waals surface area contributed by atoms with Crippen LogP contribution in [0.4, 0.5) is 4.39 Å². The molecule has 2 rings (SSSR count). The Bertz CT molecular complexity index is 525. The standard InChI is InChI=1S/C14H12ClFO/c1-9-7-8-11(13(16)12(9)15)14(17)10-5-3-2-4-6-10/h2-8,14,17H,1H3. The lowest BCUT2D eigenvalue weighted by atomic mass is 10.00. The number of aliphatic hydroxyl groups is 1. The Labute approximate surface area is 104 Å². The molecule has 0 bridgehead atoms. The predicted molar refractivity (Wildman–Crippen MR) is 66.7 cm³/mol. The predicted octanol–water partition coefficient (Wildman–Crippen LogP) is 3.87. The fraction of sp³-hybridized carbons (Fsp3) is 0.143. The molecular weight excluding hydrogens is 239 g/mol. The minimum absolute atomic E-state index is 0.0671. The first-order valence-corrected chi connectivity index (χ1v) is 5.66. The summed E-state index contributed by atoms with van der Waals surface area (Å²) in [6.07, 6.45) is -0.991. The van der Waals surface area contributed by atoms with E-state index in [1.165, 1.54) is 0 Å². The van der Waals surface area contributed by atoms with Gasteiger partial charge in [-0.25, -0.2) is 4.39 Å². The fourth-order valence-electron chi connectivity index (χ4n) is 1.69. The molecule has 1 atom stereocenters. The highest BCUT2D eigenvalue weighted by Crippen LogP contribution is 2.29. The minimum atomic E-state index is -0.991. The van der Waals surface area contributed by atoms with Gasteiger partial charge in [0.2, 0.25) is 0 Å². The van der Waals surface area contributed by atoms with Gasteiger partial charge in [-0.15, -0.1) is 0 Å². The van der Waals surface area contributed by atoms with Crippen molar-refractivity contribution in [2.75, 3.05) is 0 Å². The van der Waals surface area contributed by atoms with Gasteiger partial charge in [0.1, 0.15) is 11.9 Å². The van der Waals surface area contributed by atoms with Gasteiger partial charge >= 0.3 is 0 Å². The first-order chi connectivity index (χ1) is 8.11. The van der Waals surface area contributed by atoms with Gasteiger partial charge in [-0.1, -0.05) is 54.1 Å². The molecule has 3 heteroatoms. The van der Waals surface area contributed by atoms with E-state index < -0.39 is 11.9 Å². The van der Waals surface area contributed by atoms with E-state index in [4.69, 9.17) is 11.6 Å². The maximum atomic E-state index is 13.9. The number of benzene rings is 2. The van der Waals surface area contributed by atoms with Crippen molar-refractivity contribution in [3.63, 3.8) is 0 Å². The van der Waals surface area contributed by atoms with Crippen molar-refractivity contribution in [2.45, 2.75) is 13.0 Å². The Morgan fingerprint density at radius 2 is 1.76 bits per heavy atom. The van der Waals surface area contributed by atoms with Crippen LogP contribution in [0.5, 0.6) is 0 Å². The Hall–Kier alpha value is -1.38. The molecule has 0 amide bonds. The third-order valence-corrected chi connectivity index (χ3v) is 3.18. The van der Waals surface area contributed by atoms with Crippen molar-refractivity contribution in [3.8, 4) is 0 Å². The molecule has 0 heterocycles. The van der Waals surface area contributed by atoms with E-state index in [1.54, 1.807) is 43.3 Å². The molecule has 1 N–H and O–H groups in total. The van der Waals surface area contributed by atoms with Crippen molar-refractivity contribution < 1.29 is 9.50 Å². The Balaban J connectivity index is 2.45. The Morgan fingerprint density at radius 1 is 1.12 bits per heavy atom. The second kappa shape index (κ2) is 4.86. The Kier molecular flexibility index (Phi) is 3.46. The van der Waals surface area contributed by atoms with E-state index in [0.29, 0.717) is 11.1 Å². The molecule has 1 nitrogen and oxygen atoms in total. The van der Waals surface area contributed by atoms with Crippen LogP contribution in [-0.4, -0.2) is 5.11 Å². The average Bonchev–Trinajstić information content (AvgIpc) is 2.36. The smallest absolute Gasteiger partial charge is 0.148 e. The molecule has 2 aromatic carbocycles. The fourth-order valence-corrected chi connectivity index (χ4v) is 1.86. The Morgan fingerprint density at radius 3 is 2.41 bits per heavy atom. The molecule has 1 unspecified atom stereocenters. The van der Waals surface area contributed by atoms with Crippen LogP contribution in [0, 0.1) is 12.7 Å². The molecule has 2 aromatic rings. The molecule has 88 valence electrons. The van der Waals surface area contributed by atoms with E-state index in [1.807, 2.05) is 6.07 Å². The molecule has 17 heavy (non-hydrogen) atoms. The first kappa shape index (κ1) is 12.1. The summed E-state index contributed by atoms with van der Waals surface area (Å²) >= 11 is 5.83. The largest absolute Gasteiger partial charge is 0.384 e. The van der Waals surface area contributed by atoms with Crippen LogP contribution >= 0.6 is 11.6 Å². The monoisotopic (exact) mass is 250 g/mol. The third-order valence-electron chi connectivity index (χ3n) is 2.72. The summed E-state index contributed by atoms with van der Waals surface area (Å²) < 4.78 is 13.9. The van der Waals surface area contributed by atoms with Gasteiger partial charge in [0, 0.05) is 5.56 Å². The van der Waals surface area contributed by atoms with Gasteiger partial charge in [0.05, 0.1) is 5.02 Å². The number of hydrogen-bond donors (Lipinski definition) is 1. The van der Waals surface area contributed by atoms with Crippen molar-refractivity contribution in [1.29, 1.82) is 0 Å². The molecule has 0 aliphatic rings. The van der Waals surface area contributed by atoms with Crippen molar-refractivity contribution in [1.82, 2.24) is 0 Å². The van der Waals surface area contributed by atoms with E-state index in [9.17, 15) is 9.50 Å². The zero-order chi connectivity index (χ0) is 12.4. The SMILES string of the molecule is Cc1ccc(C(O)c2ccccc2)c(F)c1Cl. The molecule has 0 radical (unpaired) electrons. The van der Waals surface area contributed by atoms with E-state index in [-0.39, 0.29) is 10.6 Å². The van der Waals surface area contributed by atoms with Gasteiger partial charge < -0.3 is 5.11 Å². The van der Waals surface area contributed by atoms with E-state index >= 15 is 0 Å². The molecule has 0 saturated heterocycles. The zero-order valence-corrected chi connectivity index (χ0v) is 10.1. The topological polar surface area (TPSA) is 20.2 Å². The summed E-state index contributed by atoms with van der Waals surface area (Å²) in [5.74, 6) is -0.553. The van der Waals surface area contributed by atoms with Gasteiger partial charge in [-0.05, 0) is 18.1 Å². The molecular formula is C14H12ClFO. The molecule has 0 saturated carbocycles. The van der Waals surface area contributed by atoms with Crippen molar-refractivity contribution >= 4 is 11.6 Å².